The van der Waals surface area contributed by atoms with Crippen molar-refractivity contribution in [1.82, 2.24) is 4.98 Å². The second-order valence-corrected chi connectivity index (χ2v) is 5.42. The van der Waals surface area contributed by atoms with Gasteiger partial charge in [0.1, 0.15) is 5.75 Å². The summed E-state index contributed by atoms with van der Waals surface area (Å²) in [5.41, 5.74) is 2.94. The van der Waals surface area contributed by atoms with E-state index < -0.39 is 5.97 Å². The summed E-state index contributed by atoms with van der Waals surface area (Å²) in [5, 5.41) is 9.09. The highest BCUT2D eigenvalue weighted by molar-refractivity contribution is 5.88. The number of nitrogens with zero attached hydrogens (tertiary/aromatic N) is 1. The van der Waals surface area contributed by atoms with E-state index in [2.05, 4.69) is 24.9 Å². The first kappa shape index (κ1) is 15.0. The highest BCUT2D eigenvalue weighted by Gasteiger charge is 2.10. The molecule has 0 aliphatic heterocycles. The molecule has 0 aliphatic rings. The van der Waals surface area contributed by atoms with E-state index in [-0.39, 0.29) is 5.56 Å². The summed E-state index contributed by atoms with van der Waals surface area (Å²) < 4.78 is 5.80. The van der Waals surface area contributed by atoms with Gasteiger partial charge in [0.05, 0.1) is 5.56 Å². The number of hydrogen-bond acceptors (Lipinski definition) is 3. The summed E-state index contributed by atoms with van der Waals surface area (Å²) in [4.78, 5) is 15.3. The second kappa shape index (κ2) is 5.95. The number of pyridine rings is 1. The molecule has 1 heterocycles. The van der Waals surface area contributed by atoms with Gasteiger partial charge < -0.3 is 9.84 Å². The van der Waals surface area contributed by atoms with Crippen molar-refractivity contribution in [3.8, 4) is 11.6 Å². The highest BCUT2D eigenvalue weighted by atomic mass is 16.5. The fourth-order valence-electron chi connectivity index (χ4n) is 2.01. The van der Waals surface area contributed by atoms with E-state index in [9.17, 15) is 4.79 Å². The Balaban J connectivity index is 2.38. The monoisotopic (exact) mass is 285 g/mol. The predicted molar refractivity (Wildman–Crippen MR) is 81.3 cm³/mol. The molecule has 1 N–H and O–H groups in total. The number of carboxylic acid groups (broad SMARTS) is 1. The van der Waals surface area contributed by atoms with E-state index in [1.165, 1.54) is 17.7 Å². The number of aromatic carboxylic acids is 1. The first-order chi connectivity index (χ1) is 9.86. The van der Waals surface area contributed by atoms with E-state index >= 15 is 0 Å². The molecule has 0 amide bonds. The minimum absolute atomic E-state index is 0.176. The second-order valence-electron chi connectivity index (χ2n) is 5.42. The number of aryl methyl sites for hydroxylation is 2. The number of rotatable bonds is 4. The van der Waals surface area contributed by atoms with Crippen LogP contribution in [-0.4, -0.2) is 16.1 Å². The molecular formula is C17H19NO3. The maximum Gasteiger partial charge on any atom is 0.335 e. The zero-order valence-electron chi connectivity index (χ0n) is 12.7. The van der Waals surface area contributed by atoms with Crippen LogP contribution in [0.15, 0.2) is 30.3 Å². The predicted octanol–water partition coefficient (Wildman–Crippen LogP) is 4.31. The van der Waals surface area contributed by atoms with Gasteiger partial charge in [0.2, 0.25) is 5.88 Å². The molecule has 2 aromatic rings. The lowest BCUT2D eigenvalue weighted by Crippen LogP contribution is -2.00. The molecule has 0 aliphatic carbocycles. The van der Waals surface area contributed by atoms with Crippen LogP contribution in [0, 0.1) is 13.8 Å². The molecule has 21 heavy (non-hydrogen) atoms. The van der Waals surface area contributed by atoms with Gasteiger partial charge in [0.25, 0.3) is 0 Å². The van der Waals surface area contributed by atoms with Crippen molar-refractivity contribution in [1.29, 1.82) is 0 Å². The summed E-state index contributed by atoms with van der Waals surface area (Å²) in [5.74, 6) is 0.415. The van der Waals surface area contributed by atoms with Crippen molar-refractivity contribution in [2.75, 3.05) is 0 Å². The van der Waals surface area contributed by atoms with Crippen molar-refractivity contribution in [3.63, 3.8) is 0 Å². The average Bonchev–Trinajstić information content (AvgIpc) is 2.40. The minimum Gasteiger partial charge on any atom is -0.478 e. The lowest BCUT2D eigenvalue weighted by molar-refractivity contribution is 0.0696. The Morgan fingerprint density at radius 2 is 1.90 bits per heavy atom. The Hall–Kier alpha value is -2.36. The van der Waals surface area contributed by atoms with Crippen molar-refractivity contribution < 1.29 is 14.6 Å². The van der Waals surface area contributed by atoms with Crippen LogP contribution in [0.5, 0.6) is 11.6 Å². The average molecular weight is 285 g/mol. The van der Waals surface area contributed by atoms with Crippen LogP contribution in [0.4, 0.5) is 0 Å². The first-order valence-electron chi connectivity index (χ1n) is 6.87. The van der Waals surface area contributed by atoms with Gasteiger partial charge in [-0.3, -0.25) is 0 Å². The molecule has 110 valence electrons. The van der Waals surface area contributed by atoms with Crippen molar-refractivity contribution in [2.24, 2.45) is 0 Å². The Morgan fingerprint density at radius 3 is 2.52 bits per heavy atom. The molecule has 4 heteroatoms. The van der Waals surface area contributed by atoms with Crippen molar-refractivity contribution in [2.45, 2.75) is 33.6 Å². The molecule has 0 bridgehead atoms. The molecule has 0 saturated carbocycles. The third-order valence-electron chi connectivity index (χ3n) is 3.27. The Bertz CT molecular complexity index is 678. The van der Waals surface area contributed by atoms with Gasteiger partial charge in [0, 0.05) is 11.8 Å². The molecule has 0 radical (unpaired) electrons. The van der Waals surface area contributed by atoms with Crippen LogP contribution in [0.1, 0.15) is 46.9 Å². The Morgan fingerprint density at radius 1 is 1.19 bits per heavy atom. The summed E-state index contributed by atoms with van der Waals surface area (Å²) in [6.45, 7) is 7.92. The molecule has 0 atom stereocenters. The Labute approximate surface area is 124 Å². The van der Waals surface area contributed by atoms with E-state index in [1.54, 1.807) is 6.92 Å². The van der Waals surface area contributed by atoms with Gasteiger partial charge >= 0.3 is 5.97 Å². The van der Waals surface area contributed by atoms with E-state index in [0.29, 0.717) is 23.2 Å². The number of carbonyl (C=O) groups is 1. The zero-order chi connectivity index (χ0) is 15.6. The summed E-state index contributed by atoms with van der Waals surface area (Å²) in [6.07, 6.45) is 0. The zero-order valence-corrected chi connectivity index (χ0v) is 12.7. The van der Waals surface area contributed by atoms with Crippen LogP contribution in [0.25, 0.3) is 0 Å². The lowest BCUT2D eigenvalue weighted by atomic mass is 10.0. The Kier molecular flexibility index (Phi) is 4.26. The van der Waals surface area contributed by atoms with Gasteiger partial charge in [-0.2, -0.15) is 0 Å². The smallest absolute Gasteiger partial charge is 0.335 e. The minimum atomic E-state index is -0.988. The highest BCUT2D eigenvalue weighted by Crippen LogP contribution is 2.28. The van der Waals surface area contributed by atoms with Gasteiger partial charge in [-0.15, -0.1) is 0 Å². The summed E-state index contributed by atoms with van der Waals surface area (Å²) >= 11 is 0. The fourth-order valence-corrected chi connectivity index (χ4v) is 2.01. The molecule has 1 aromatic heterocycles. The third-order valence-corrected chi connectivity index (χ3v) is 3.27. The number of ether oxygens (including phenoxy) is 1. The topological polar surface area (TPSA) is 59.4 Å². The number of benzene rings is 1. The molecule has 0 saturated heterocycles. The fraction of sp³-hybridized carbons (Fsp3) is 0.294. The number of carboxylic acids is 1. The quantitative estimate of drug-likeness (QED) is 0.909. The normalized spacial score (nSPS) is 10.7. The maximum absolute atomic E-state index is 11.1. The summed E-state index contributed by atoms with van der Waals surface area (Å²) in [7, 11) is 0. The van der Waals surface area contributed by atoms with Crippen molar-refractivity contribution >= 4 is 5.97 Å². The number of aromatic nitrogens is 1. The van der Waals surface area contributed by atoms with Crippen LogP contribution < -0.4 is 4.74 Å². The van der Waals surface area contributed by atoms with E-state index in [4.69, 9.17) is 9.84 Å². The molecule has 1 aromatic carbocycles. The third kappa shape index (κ3) is 3.60. The summed E-state index contributed by atoms with van der Waals surface area (Å²) in [6, 6.07) is 9.01. The lowest BCUT2D eigenvalue weighted by Gasteiger charge is -2.12. The standard InChI is InChI=1S/C17H19NO3/c1-10(2)13-6-5-11(3)15(8-13)21-16-9-14(17(19)20)7-12(4)18-16/h5-10H,1-4H3,(H,19,20). The van der Waals surface area contributed by atoms with Crippen LogP contribution in [-0.2, 0) is 0 Å². The van der Waals surface area contributed by atoms with Gasteiger partial charge in [-0.1, -0.05) is 26.0 Å². The molecule has 2 rings (SSSR count). The SMILES string of the molecule is Cc1cc(C(=O)O)cc(Oc2cc(C(C)C)ccc2C)n1. The maximum atomic E-state index is 11.1. The molecule has 4 nitrogen and oxygen atoms in total. The molecule has 0 fully saturated rings. The molecular weight excluding hydrogens is 266 g/mol. The first-order valence-corrected chi connectivity index (χ1v) is 6.87. The van der Waals surface area contributed by atoms with Gasteiger partial charge in [-0.25, -0.2) is 9.78 Å². The largest absolute Gasteiger partial charge is 0.478 e. The van der Waals surface area contributed by atoms with Crippen LogP contribution in [0.3, 0.4) is 0 Å². The van der Waals surface area contributed by atoms with Crippen molar-refractivity contribution in [3.05, 3.63) is 52.7 Å². The van der Waals surface area contributed by atoms with Gasteiger partial charge in [-0.05, 0) is 43.0 Å². The van der Waals surface area contributed by atoms with E-state index in [0.717, 1.165) is 5.56 Å². The van der Waals surface area contributed by atoms with E-state index in [1.807, 2.05) is 19.1 Å². The molecule has 0 spiro atoms. The van der Waals surface area contributed by atoms with Gasteiger partial charge in [0.15, 0.2) is 0 Å². The van der Waals surface area contributed by atoms with Crippen LogP contribution >= 0.6 is 0 Å². The molecule has 0 unspecified atom stereocenters. The van der Waals surface area contributed by atoms with Crippen LogP contribution in [0.2, 0.25) is 0 Å². The number of hydrogen-bond donors (Lipinski definition) is 1.